The number of aromatic nitrogens is 1. The smallest absolute Gasteiger partial charge is 0.270 e. The zero-order valence-electron chi connectivity index (χ0n) is 10.0. The van der Waals surface area contributed by atoms with Crippen molar-refractivity contribution >= 4 is 27.7 Å². The monoisotopic (exact) mass is 311 g/mol. The SMILES string of the molecule is CN1CC(NC(=O)c2ccc(Br)cn2)CCC1=O. The average Bonchev–Trinajstić information content (AvgIpc) is 2.34. The van der Waals surface area contributed by atoms with E-state index in [1.807, 2.05) is 0 Å². The van der Waals surface area contributed by atoms with Crippen molar-refractivity contribution < 1.29 is 9.59 Å². The maximum atomic E-state index is 11.9. The first-order valence-corrected chi connectivity index (χ1v) is 6.52. The van der Waals surface area contributed by atoms with Crippen LogP contribution in [0.4, 0.5) is 0 Å². The molecule has 1 fully saturated rings. The van der Waals surface area contributed by atoms with Crippen LogP contribution < -0.4 is 5.32 Å². The Labute approximate surface area is 114 Å². The Bertz CT molecular complexity index is 461. The maximum absolute atomic E-state index is 11.9. The van der Waals surface area contributed by atoms with Gasteiger partial charge < -0.3 is 10.2 Å². The molecule has 2 heterocycles. The van der Waals surface area contributed by atoms with Gasteiger partial charge in [0.05, 0.1) is 0 Å². The van der Waals surface area contributed by atoms with Gasteiger partial charge in [-0.25, -0.2) is 4.98 Å². The van der Waals surface area contributed by atoms with Gasteiger partial charge in [0.15, 0.2) is 0 Å². The Kier molecular flexibility index (Phi) is 3.96. The number of likely N-dealkylation sites (N-methyl/N-ethyl adjacent to an activating group) is 1. The Morgan fingerprint density at radius 3 is 2.94 bits per heavy atom. The second kappa shape index (κ2) is 5.48. The second-order valence-electron chi connectivity index (χ2n) is 4.34. The highest BCUT2D eigenvalue weighted by atomic mass is 79.9. The Morgan fingerprint density at radius 2 is 2.33 bits per heavy atom. The number of pyridine rings is 1. The van der Waals surface area contributed by atoms with Crippen molar-refractivity contribution in [3.05, 3.63) is 28.5 Å². The van der Waals surface area contributed by atoms with Gasteiger partial charge in [0, 0.05) is 36.7 Å². The number of hydrogen-bond donors (Lipinski definition) is 1. The third kappa shape index (κ3) is 3.07. The summed E-state index contributed by atoms with van der Waals surface area (Å²) in [7, 11) is 1.75. The highest BCUT2D eigenvalue weighted by molar-refractivity contribution is 9.10. The molecule has 2 rings (SSSR count). The van der Waals surface area contributed by atoms with E-state index < -0.39 is 0 Å². The molecule has 0 saturated carbocycles. The molecule has 1 N–H and O–H groups in total. The Morgan fingerprint density at radius 1 is 1.56 bits per heavy atom. The van der Waals surface area contributed by atoms with Gasteiger partial charge in [-0.3, -0.25) is 9.59 Å². The molecule has 0 bridgehead atoms. The molecule has 1 atom stereocenters. The summed E-state index contributed by atoms with van der Waals surface area (Å²) in [5, 5.41) is 2.89. The lowest BCUT2D eigenvalue weighted by molar-refractivity contribution is -0.132. The summed E-state index contributed by atoms with van der Waals surface area (Å²) in [5.41, 5.74) is 0.387. The third-order valence-electron chi connectivity index (χ3n) is 2.92. The fourth-order valence-electron chi connectivity index (χ4n) is 1.90. The molecule has 0 radical (unpaired) electrons. The van der Waals surface area contributed by atoms with E-state index >= 15 is 0 Å². The summed E-state index contributed by atoms with van der Waals surface area (Å²) in [6, 6.07) is 3.45. The second-order valence-corrected chi connectivity index (χ2v) is 5.26. The minimum Gasteiger partial charge on any atom is -0.346 e. The molecule has 96 valence electrons. The fourth-order valence-corrected chi connectivity index (χ4v) is 2.13. The minimum absolute atomic E-state index is 0.00523. The number of halogens is 1. The van der Waals surface area contributed by atoms with Gasteiger partial charge in [0.2, 0.25) is 5.91 Å². The molecule has 1 saturated heterocycles. The number of amides is 2. The van der Waals surface area contributed by atoms with E-state index in [0.717, 1.165) is 4.47 Å². The molecule has 0 aliphatic carbocycles. The summed E-state index contributed by atoms with van der Waals surface area (Å²) in [6.07, 6.45) is 2.76. The highest BCUT2D eigenvalue weighted by Crippen LogP contribution is 2.11. The van der Waals surface area contributed by atoms with Crippen LogP contribution in [0.3, 0.4) is 0 Å². The lowest BCUT2D eigenvalue weighted by atomic mass is 10.1. The van der Waals surface area contributed by atoms with E-state index in [0.29, 0.717) is 25.1 Å². The quantitative estimate of drug-likeness (QED) is 0.892. The van der Waals surface area contributed by atoms with E-state index in [4.69, 9.17) is 0 Å². The largest absolute Gasteiger partial charge is 0.346 e. The van der Waals surface area contributed by atoms with Gasteiger partial charge in [0.25, 0.3) is 5.91 Å². The first-order valence-electron chi connectivity index (χ1n) is 5.72. The number of rotatable bonds is 2. The fraction of sp³-hybridized carbons (Fsp3) is 0.417. The van der Waals surface area contributed by atoms with Crippen LogP contribution in [-0.2, 0) is 4.79 Å². The standard InChI is InChI=1S/C12H14BrN3O2/c1-16-7-9(3-5-11(16)17)15-12(18)10-4-2-8(13)6-14-10/h2,4,6,9H,3,5,7H2,1H3,(H,15,18). The van der Waals surface area contributed by atoms with Gasteiger partial charge in [0.1, 0.15) is 5.69 Å². The van der Waals surface area contributed by atoms with E-state index in [1.165, 1.54) is 0 Å². The van der Waals surface area contributed by atoms with Crippen molar-refractivity contribution in [2.24, 2.45) is 0 Å². The molecule has 0 spiro atoms. The first kappa shape index (κ1) is 13.0. The van der Waals surface area contributed by atoms with E-state index in [9.17, 15) is 9.59 Å². The van der Waals surface area contributed by atoms with Gasteiger partial charge in [-0.1, -0.05) is 0 Å². The molecular weight excluding hydrogens is 298 g/mol. The Hall–Kier alpha value is -1.43. The lowest BCUT2D eigenvalue weighted by Crippen LogP contribution is -2.48. The van der Waals surface area contributed by atoms with Gasteiger partial charge in [-0.05, 0) is 34.5 Å². The molecule has 1 aliphatic rings. The number of carbonyl (C=O) groups excluding carboxylic acids is 2. The highest BCUT2D eigenvalue weighted by Gasteiger charge is 2.24. The van der Waals surface area contributed by atoms with Crippen molar-refractivity contribution in [3.63, 3.8) is 0 Å². The lowest BCUT2D eigenvalue weighted by Gasteiger charge is -2.30. The Balaban J connectivity index is 1.95. The number of carbonyl (C=O) groups is 2. The van der Waals surface area contributed by atoms with Crippen molar-refractivity contribution in [1.29, 1.82) is 0 Å². The molecule has 1 aromatic heterocycles. The molecule has 5 nitrogen and oxygen atoms in total. The summed E-state index contributed by atoms with van der Waals surface area (Å²) in [4.78, 5) is 28.9. The summed E-state index contributed by atoms with van der Waals surface area (Å²) in [5.74, 6) is -0.0717. The number of hydrogen-bond acceptors (Lipinski definition) is 3. The van der Waals surface area contributed by atoms with Crippen molar-refractivity contribution in [2.45, 2.75) is 18.9 Å². The summed E-state index contributed by atoms with van der Waals surface area (Å²) >= 11 is 3.27. The maximum Gasteiger partial charge on any atom is 0.270 e. The van der Waals surface area contributed by atoms with Crippen LogP contribution in [0.1, 0.15) is 23.3 Å². The van der Waals surface area contributed by atoms with Crippen LogP contribution in [-0.4, -0.2) is 41.3 Å². The van der Waals surface area contributed by atoms with E-state index in [1.54, 1.807) is 30.3 Å². The number of nitrogens with zero attached hydrogens (tertiary/aromatic N) is 2. The molecule has 2 amide bonds. The molecule has 1 aromatic rings. The van der Waals surface area contributed by atoms with E-state index in [-0.39, 0.29) is 17.9 Å². The molecule has 1 aliphatic heterocycles. The van der Waals surface area contributed by atoms with Gasteiger partial charge in [-0.15, -0.1) is 0 Å². The predicted octanol–water partition coefficient (Wildman–Crippen LogP) is 1.19. The first-order chi connectivity index (χ1) is 8.56. The number of piperidine rings is 1. The zero-order valence-corrected chi connectivity index (χ0v) is 11.6. The topological polar surface area (TPSA) is 62.3 Å². The normalized spacial score (nSPS) is 19.8. The van der Waals surface area contributed by atoms with Crippen LogP contribution in [0.15, 0.2) is 22.8 Å². The number of nitrogens with one attached hydrogen (secondary N) is 1. The minimum atomic E-state index is -0.199. The third-order valence-corrected chi connectivity index (χ3v) is 3.39. The van der Waals surface area contributed by atoms with Crippen molar-refractivity contribution in [2.75, 3.05) is 13.6 Å². The molecule has 6 heteroatoms. The van der Waals surface area contributed by atoms with Crippen LogP contribution in [0.2, 0.25) is 0 Å². The zero-order chi connectivity index (χ0) is 13.1. The van der Waals surface area contributed by atoms with Crippen LogP contribution >= 0.6 is 15.9 Å². The molecular formula is C12H14BrN3O2. The molecule has 1 unspecified atom stereocenters. The molecule has 18 heavy (non-hydrogen) atoms. The van der Waals surface area contributed by atoms with Crippen LogP contribution in [0.5, 0.6) is 0 Å². The van der Waals surface area contributed by atoms with Crippen molar-refractivity contribution in [3.8, 4) is 0 Å². The van der Waals surface area contributed by atoms with E-state index in [2.05, 4.69) is 26.2 Å². The average molecular weight is 312 g/mol. The summed E-state index contributed by atoms with van der Waals surface area (Å²) in [6.45, 7) is 0.557. The van der Waals surface area contributed by atoms with Gasteiger partial charge >= 0.3 is 0 Å². The van der Waals surface area contributed by atoms with Gasteiger partial charge in [-0.2, -0.15) is 0 Å². The summed E-state index contributed by atoms with van der Waals surface area (Å²) < 4.78 is 0.835. The van der Waals surface area contributed by atoms with Crippen LogP contribution in [0, 0.1) is 0 Å². The van der Waals surface area contributed by atoms with Crippen LogP contribution in [0.25, 0.3) is 0 Å². The predicted molar refractivity (Wildman–Crippen MR) is 70.1 cm³/mol. The number of likely N-dealkylation sites (tertiary alicyclic amines) is 1. The molecule has 0 aromatic carbocycles. The van der Waals surface area contributed by atoms with Crippen molar-refractivity contribution in [1.82, 2.24) is 15.2 Å².